The van der Waals surface area contributed by atoms with E-state index in [0.717, 1.165) is 28.3 Å². The van der Waals surface area contributed by atoms with Crippen molar-refractivity contribution in [2.45, 2.75) is 12.8 Å². The highest BCUT2D eigenvalue weighted by Gasteiger charge is 2.03. The fourth-order valence-electron chi connectivity index (χ4n) is 1.54. The largest absolute Gasteiger partial charge is 0.361 e. The zero-order valence-electron chi connectivity index (χ0n) is 9.70. The summed E-state index contributed by atoms with van der Waals surface area (Å²) in [5.41, 5.74) is 0.864. The molecule has 5 heteroatoms. The van der Waals surface area contributed by atoms with Gasteiger partial charge in [0.1, 0.15) is 5.82 Å². The first kappa shape index (κ1) is 12.6. The van der Waals surface area contributed by atoms with Gasteiger partial charge < -0.3 is 5.32 Å². The van der Waals surface area contributed by atoms with Gasteiger partial charge in [-0.2, -0.15) is 11.8 Å². The van der Waals surface area contributed by atoms with E-state index in [9.17, 15) is 4.39 Å². The first-order chi connectivity index (χ1) is 8.29. The molecule has 1 aromatic heterocycles. The maximum atomic E-state index is 13.0. The molecule has 0 unspecified atom stereocenters. The van der Waals surface area contributed by atoms with E-state index in [1.165, 1.54) is 35.6 Å². The van der Waals surface area contributed by atoms with Crippen LogP contribution in [0.4, 0.5) is 9.52 Å². The van der Waals surface area contributed by atoms with Crippen molar-refractivity contribution in [2.75, 3.05) is 23.9 Å². The number of fused-ring (bicyclic) bond motifs is 1. The molecule has 0 saturated heterocycles. The maximum Gasteiger partial charge on any atom is 0.183 e. The number of halogens is 1. The van der Waals surface area contributed by atoms with Crippen LogP contribution in [-0.2, 0) is 0 Å². The molecule has 1 N–H and O–H groups in total. The van der Waals surface area contributed by atoms with Gasteiger partial charge in [-0.15, -0.1) is 0 Å². The molecular weight excluding hydrogens is 255 g/mol. The Morgan fingerprint density at radius 3 is 3.12 bits per heavy atom. The third-order valence-electron chi connectivity index (χ3n) is 2.40. The van der Waals surface area contributed by atoms with Gasteiger partial charge in [0.2, 0.25) is 0 Å². The zero-order valence-corrected chi connectivity index (χ0v) is 11.3. The third-order valence-corrected chi connectivity index (χ3v) is 4.07. The second-order valence-electron chi connectivity index (χ2n) is 3.76. The van der Waals surface area contributed by atoms with E-state index < -0.39 is 0 Å². The normalized spacial score (nSPS) is 10.9. The summed E-state index contributed by atoms with van der Waals surface area (Å²) in [6, 6.07) is 4.70. The molecule has 0 bridgehead atoms. The molecule has 2 nitrogen and oxygen atoms in total. The van der Waals surface area contributed by atoms with E-state index in [-0.39, 0.29) is 5.82 Å². The van der Waals surface area contributed by atoms with Gasteiger partial charge >= 0.3 is 0 Å². The van der Waals surface area contributed by atoms with Gasteiger partial charge in [0, 0.05) is 6.54 Å². The van der Waals surface area contributed by atoms with Crippen molar-refractivity contribution < 1.29 is 4.39 Å². The van der Waals surface area contributed by atoms with Crippen LogP contribution in [0.15, 0.2) is 18.2 Å². The van der Waals surface area contributed by atoms with Gasteiger partial charge in [-0.1, -0.05) is 11.3 Å². The molecule has 2 rings (SSSR count). The number of rotatable bonds is 6. The van der Waals surface area contributed by atoms with Crippen molar-refractivity contribution in [3.63, 3.8) is 0 Å². The zero-order chi connectivity index (χ0) is 12.1. The lowest BCUT2D eigenvalue weighted by Gasteiger charge is -2.00. The lowest BCUT2D eigenvalue weighted by atomic mass is 10.3. The Bertz CT molecular complexity index is 484. The SMILES string of the molecule is CSCCCCNc1nc2ccc(F)cc2s1. The van der Waals surface area contributed by atoms with Gasteiger partial charge in [-0.3, -0.25) is 0 Å². The Kier molecular flexibility index (Phi) is 4.62. The van der Waals surface area contributed by atoms with Crippen molar-refractivity contribution in [1.82, 2.24) is 4.98 Å². The molecule has 0 aliphatic rings. The molecule has 2 aromatic rings. The van der Waals surface area contributed by atoms with Crippen molar-refractivity contribution in [3.8, 4) is 0 Å². The van der Waals surface area contributed by atoms with E-state index in [1.54, 1.807) is 6.07 Å². The number of aromatic nitrogens is 1. The van der Waals surface area contributed by atoms with Crippen LogP contribution in [0.25, 0.3) is 10.2 Å². The van der Waals surface area contributed by atoms with Gasteiger partial charge in [0.05, 0.1) is 10.2 Å². The smallest absolute Gasteiger partial charge is 0.183 e. The van der Waals surface area contributed by atoms with Crippen LogP contribution in [0.2, 0.25) is 0 Å². The van der Waals surface area contributed by atoms with Crippen LogP contribution in [0, 0.1) is 5.82 Å². The first-order valence-electron chi connectivity index (χ1n) is 5.58. The number of nitrogens with zero attached hydrogens (tertiary/aromatic N) is 1. The first-order valence-corrected chi connectivity index (χ1v) is 7.79. The molecule has 17 heavy (non-hydrogen) atoms. The van der Waals surface area contributed by atoms with Crippen LogP contribution >= 0.6 is 23.1 Å². The predicted octanol–water partition coefficient (Wildman–Crippen LogP) is 3.99. The van der Waals surface area contributed by atoms with E-state index in [4.69, 9.17) is 0 Å². The summed E-state index contributed by atoms with van der Waals surface area (Å²) in [5, 5.41) is 4.17. The Balaban J connectivity index is 1.91. The number of hydrogen-bond acceptors (Lipinski definition) is 4. The highest BCUT2D eigenvalue weighted by atomic mass is 32.2. The molecule has 92 valence electrons. The fourth-order valence-corrected chi connectivity index (χ4v) is 2.95. The van der Waals surface area contributed by atoms with Gasteiger partial charge in [-0.25, -0.2) is 9.37 Å². The number of nitrogens with one attached hydrogen (secondary N) is 1. The Labute approximate surface area is 109 Å². The van der Waals surface area contributed by atoms with Crippen molar-refractivity contribution in [3.05, 3.63) is 24.0 Å². The second-order valence-corrected chi connectivity index (χ2v) is 5.77. The van der Waals surface area contributed by atoms with E-state index >= 15 is 0 Å². The topological polar surface area (TPSA) is 24.9 Å². The predicted molar refractivity (Wildman–Crippen MR) is 75.7 cm³/mol. The molecule has 0 atom stereocenters. The highest BCUT2D eigenvalue weighted by Crippen LogP contribution is 2.26. The quantitative estimate of drug-likeness (QED) is 0.803. The van der Waals surface area contributed by atoms with Crippen LogP contribution in [0.1, 0.15) is 12.8 Å². The lowest BCUT2D eigenvalue weighted by molar-refractivity contribution is 0.630. The van der Waals surface area contributed by atoms with Crippen LogP contribution in [0.5, 0.6) is 0 Å². The molecule has 0 spiro atoms. The Morgan fingerprint density at radius 2 is 2.29 bits per heavy atom. The van der Waals surface area contributed by atoms with E-state index in [1.807, 2.05) is 11.8 Å². The minimum absolute atomic E-state index is 0.201. The summed E-state index contributed by atoms with van der Waals surface area (Å²) in [4.78, 5) is 4.41. The number of anilines is 1. The fraction of sp³-hybridized carbons (Fsp3) is 0.417. The Morgan fingerprint density at radius 1 is 1.41 bits per heavy atom. The molecule has 0 amide bonds. The summed E-state index contributed by atoms with van der Waals surface area (Å²) < 4.78 is 13.9. The van der Waals surface area contributed by atoms with Gasteiger partial charge in [0.15, 0.2) is 5.13 Å². The third kappa shape index (κ3) is 3.57. The summed E-state index contributed by atoms with van der Waals surface area (Å²) >= 11 is 3.38. The molecule has 1 aromatic carbocycles. The number of benzene rings is 1. The van der Waals surface area contributed by atoms with Crippen LogP contribution in [0.3, 0.4) is 0 Å². The molecule has 0 aliphatic carbocycles. The summed E-state index contributed by atoms with van der Waals surface area (Å²) in [5.74, 6) is 1.000. The minimum atomic E-state index is -0.201. The molecule has 0 saturated carbocycles. The van der Waals surface area contributed by atoms with Crippen LogP contribution < -0.4 is 5.32 Å². The maximum absolute atomic E-state index is 13.0. The number of thioether (sulfide) groups is 1. The summed E-state index contributed by atoms with van der Waals surface area (Å²) in [6.45, 7) is 0.933. The van der Waals surface area contributed by atoms with Crippen molar-refractivity contribution >= 4 is 38.4 Å². The monoisotopic (exact) mass is 270 g/mol. The highest BCUT2D eigenvalue weighted by molar-refractivity contribution is 7.98. The average molecular weight is 270 g/mol. The number of thiazole rings is 1. The molecule has 0 aliphatic heterocycles. The van der Waals surface area contributed by atoms with Gasteiger partial charge in [-0.05, 0) is 43.0 Å². The van der Waals surface area contributed by atoms with Crippen molar-refractivity contribution in [1.29, 1.82) is 0 Å². The minimum Gasteiger partial charge on any atom is -0.361 e. The Hall–Kier alpha value is -0.810. The summed E-state index contributed by atoms with van der Waals surface area (Å²) in [6.07, 6.45) is 4.48. The molecule has 0 fully saturated rings. The molecular formula is C12H15FN2S2. The lowest BCUT2D eigenvalue weighted by Crippen LogP contribution is -2.01. The van der Waals surface area contributed by atoms with Crippen molar-refractivity contribution in [2.24, 2.45) is 0 Å². The van der Waals surface area contributed by atoms with Gasteiger partial charge in [0.25, 0.3) is 0 Å². The van der Waals surface area contributed by atoms with E-state index in [0.29, 0.717) is 0 Å². The van der Waals surface area contributed by atoms with Crippen LogP contribution in [-0.4, -0.2) is 23.5 Å². The average Bonchev–Trinajstić information content (AvgIpc) is 2.70. The number of unbranched alkanes of at least 4 members (excludes halogenated alkanes) is 1. The second kappa shape index (κ2) is 6.21. The molecule has 1 heterocycles. The summed E-state index contributed by atoms with van der Waals surface area (Å²) in [7, 11) is 0. The number of hydrogen-bond donors (Lipinski definition) is 1. The molecule has 0 radical (unpaired) electrons. The van der Waals surface area contributed by atoms with E-state index in [2.05, 4.69) is 16.6 Å². The standard InChI is InChI=1S/C12H15FN2S2/c1-16-7-3-2-6-14-12-15-10-5-4-9(13)8-11(10)17-12/h4-5,8H,2-3,6-7H2,1H3,(H,14,15).